The molecule has 6 nitrogen and oxygen atoms in total. The lowest BCUT2D eigenvalue weighted by Crippen LogP contribution is -2.30. The Bertz CT molecular complexity index is 996. The Kier molecular flexibility index (Phi) is 43.0. The van der Waals surface area contributed by atoms with Crippen molar-refractivity contribution in [2.45, 2.75) is 239 Å². The maximum Gasteiger partial charge on any atom is 0.306 e. The van der Waals surface area contributed by atoms with Gasteiger partial charge in [-0.1, -0.05) is 223 Å². The van der Waals surface area contributed by atoms with E-state index in [4.69, 9.17) is 14.2 Å². The third kappa shape index (κ3) is 42.5. The highest BCUT2D eigenvalue weighted by atomic mass is 16.6. The number of hydrogen-bond donors (Lipinski definition) is 0. The summed E-state index contributed by atoms with van der Waals surface area (Å²) in [4.78, 5) is 37.8. The lowest BCUT2D eigenvalue weighted by molar-refractivity contribution is -0.167. The van der Waals surface area contributed by atoms with E-state index in [-0.39, 0.29) is 31.1 Å². The van der Waals surface area contributed by atoms with Gasteiger partial charge in [0.05, 0.1) is 0 Å². The van der Waals surface area contributed by atoms with Gasteiger partial charge in [0, 0.05) is 19.3 Å². The number of hydrogen-bond acceptors (Lipinski definition) is 6. The second kappa shape index (κ2) is 45.1. The van der Waals surface area contributed by atoms with Gasteiger partial charge in [-0.05, 0) is 38.5 Å². The summed E-state index contributed by atoms with van der Waals surface area (Å²) in [5.41, 5.74) is 0. The van der Waals surface area contributed by atoms with Crippen LogP contribution in [0.3, 0.4) is 0 Å². The smallest absolute Gasteiger partial charge is 0.306 e. The highest BCUT2D eigenvalue weighted by Gasteiger charge is 2.19. The Balaban J connectivity index is 4.42. The van der Waals surface area contributed by atoms with Crippen molar-refractivity contribution >= 4 is 17.9 Å². The van der Waals surface area contributed by atoms with Crippen LogP contribution in [0.5, 0.6) is 0 Å². The summed E-state index contributed by atoms with van der Waals surface area (Å²) >= 11 is 0. The molecule has 0 fully saturated rings. The Morgan fingerprint density at radius 3 is 1.09 bits per heavy atom. The number of rotatable bonds is 42. The quantitative estimate of drug-likeness (QED) is 0.0265. The molecule has 0 aliphatic rings. The third-order valence-corrected chi connectivity index (χ3v) is 10.2. The average molecular weight is 785 g/mol. The van der Waals surface area contributed by atoms with Crippen LogP contribution in [0.15, 0.2) is 48.6 Å². The summed E-state index contributed by atoms with van der Waals surface area (Å²) in [5, 5.41) is 0. The average Bonchev–Trinajstić information content (AvgIpc) is 3.19. The molecule has 0 bridgehead atoms. The van der Waals surface area contributed by atoms with E-state index < -0.39 is 6.10 Å². The number of ether oxygens (including phenoxy) is 3. The zero-order valence-corrected chi connectivity index (χ0v) is 36.9. The van der Waals surface area contributed by atoms with E-state index in [1.54, 1.807) is 0 Å². The molecular weight excluding hydrogens is 697 g/mol. The van der Waals surface area contributed by atoms with Crippen LogP contribution in [0.1, 0.15) is 233 Å². The fourth-order valence-electron chi connectivity index (χ4n) is 6.63. The van der Waals surface area contributed by atoms with Crippen LogP contribution in [0, 0.1) is 0 Å². The zero-order valence-electron chi connectivity index (χ0n) is 36.9. The molecule has 1 atom stereocenters. The van der Waals surface area contributed by atoms with Crippen molar-refractivity contribution in [1.82, 2.24) is 0 Å². The van der Waals surface area contributed by atoms with Crippen molar-refractivity contribution in [3.05, 3.63) is 48.6 Å². The molecule has 0 heterocycles. The van der Waals surface area contributed by atoms with Crippen molar-refractivity contribution < 1.29 is 28.6 Å². The molecule has 56 heavy (non-hydrogen) atoms. The van der Waals surface area contributed by atoms with Gasteiger partial charge in [-0.2, -0.15) is 0 Å². The molecule has 0 radical (unpaired) electrons. The molecule has 0 N–H and O–H groups in total. The van der Waals surface area contributed by atoms with Crippen LogP contribution in [-0.4, -0.2) is 37.2 Å². The number of carbonyl (C=O) groups excluding carboxylic acids is 3. The van der Waals surface area contributed by atoms with Gasteiger partial charge in [-0.3, -0.25) is 14.4 Å². The molecule has 0 saturated heterocycles. The Morgan fingerprint density at radius 1 is 0.375 bits per heavy atom. The molecule has 0 aliphatic carbocycles. The fraction of sp³-hybridized carbons (Fsp3) is 0.780. The summed E-state index contributed by atoms with van der Waals surface area (Å²) in [7, 11) is 0. The minimum atomic E-state index is -0.782. The Labute approximate surface area is 346 Å². The minimum Gasteiger partial charge on any atom is -0.462 e. The summed E-state index contributed by atoms with van der Waals surface area (Å²) in [6, 6.07) is 0. The van der Waals surface area contributed by atoms with Crippen molar-refractivity contribution in [1.29, 1.82) is 0 Å². The summed E-state index contributed by atoms with van der Waals surface area (Å²) in [6.07, 6.45) is 52.3. The minimum absolute atomic E-state index is 0.0826. The molecule has 0 aromatic rings. The molecule has 0 saturated carbocycles. The second-order valence-corrected chi connectivity index (χ2v) is 15.7. The first kappa shape index (κ1) is 53.4. The van der Waals surface area contributed by atoms with Crippen molar-refractivity contribution in [3.63, 3.8) is 0 Å². The number of unbranched alkanes of at least 4 members (excludes halogenated alkanes) is 26. The van der Waals surface area contributed by atoms with Crippen LogP contribution >= 0.6 is 0 Å². The number of esters is 3. The zero-order chi connectivity index (χ0) is 40.8. The van der Waals surface area contributed by atoms with Gasteiger partial charge in [0.25, 0.3) is 0 Å². The van der Waals surface area contributed by atoms with Gasteiger partial charge in [0.2, 0.25) is 0 Å². The van der Waals surface area contributed by atoms with Crippen LogP contribution in [-0.2, 0) is 28.6 Å². The van der Waals surface area contributed by atoms with Crippen LogP contribution < -0.4 is 0 Å². The lowest BCUT2D eigenvalue weighted by atomic mass is 10.0. The molecule has 0 rings (SSSR count). The van der Waals surface area contributed by atoms with Gasteiger partial charge in [-0.25, -0.2) is 0 Å². The van der Waals surface area contributed by atoms with Crippen LogP contribution in [0.2, 0.25) is 0 Å². The van der Waals surface area contributed by atoms with E-state index in [0.29, 0.717) is 19.3 Å². The topological polar surface area (TPSA) is 78.9 Å². The molecule has 324 valence electrons. The maximum absolute atomic E-state index is 12.7. The lowest BCUT2D eigenvalue weighted by Gasteiger charge is -2.18. The molecule has 0 amide bonds. The first-order valence-electron chi connectivity index (χ1n) is 23.7. The van der Waals surface area contributed by atoms with Gasteiger partial charge in [-0.15, -0.1) is 0 Å². The summed E-state index contributed by atoms with van der Waals surface area (Å²) in [6.45, 7) is 6.46. The first-order chi connectivity index (χ1) is 27.5. The third-order valence-electron chi connectivity index (χ3n) is 10.2. The Hall–Kier alpha value is -2.63. The maximum atomic E-state index is 12.7. The normalized spacial score (nSPS) is 12.4. The molecule has 0 aromatic carbocycles. The molecule has 1 unspecified atom stereocenters. The van der Waals surface area contributed by atoms with Gasteiger partial charge in [0.15, 0.2) is 6.10 Å². The monoisotopic (exact) mass is 785 g/mol. The second-order valence-electron chi connectivity index (χ2n) is 15.7. The predicted octanol–water partition coefficient (Wildman–Crippen LogP) is 15.1. The highest BCUT2D eigenvalue weighted by Crippen LogP contribution is 2.15. The van der Waals surface area contributed by atoms with Crippen molar-refractivity contribution in [2.24, 2.45) is 0 Å². The molecule has 0 spiro atoms. The molecule has 0 aliphatic heterocycles. The largest absolute Gasteiger partial charge is 0.462 e. The highest BCUT2D eigenvalue weighted by molar-refractivity contribution is 5.71. The summed E-state index contributed by atoms with van der Waals surface area (Å²) < 4.78 is 16.7. The van der Waals surface area contributed by atoms with Crippen molar-refractivity contribution in [3.8, 4) is 0 Å². The first-order valence-corrected chi connectivity index (χ1v) is 23.7. The number of allylic oxidation sites excluding steroid dienone is 8. The van der Waals surface area contributed by atoms with Gasteiger partial charge < -0.3 is 14.2 Å². The van der Waals surface area contributed by atoms with Crippen LogP contribution in [0.25, 0.3) is 0 Å². The van der Waals surface area contributed by atoms with E-state index >= 15 is 0 Å². The van der Waals surface area contributed by atoms with E-state index in [1.165, 1.54) is 122 Å². The summed E-state index contributed by atoms with van der Waals surface area (Å²) in [5.74, 6) is -0.919. The van der Waals surface area contributed by atoms with Crippen molar-refractivity contribution in [2.75, 3.05) is 13.2 Å². The molecule has 0 aromatic heterocycles. The fourth-order valence-corrected chi connectivity index (χ4v) is 6.63. The van der Waals surface area contributed by atoms with Gasteiger partial charge in [0.1, 0.15) is 13.2 Å². The van der Waals surface area contributed by atoms with E-state index in [1.807, 2.05) is 36.5 Å². The van der Waals surface area contributed by atoms with E-state index in [2.05, 4.69) is 32.9 Å². The predicted molar refractivity (Wildman–Crippen MR) is 238 cm³/mol. The standard InChI is InChI=1S/C50H88O6/c1-4-7-10-13-16-19-22-25-28-31-34-37-40-43-49(52)55-46-47(45-54-48(51)42-39-36-33-30-27-24-21-18-15-12-9-6-3)56-50(53)44-41-38-35-32-29-26-23-20-17-14-11-8-5-2/h7,10,13,16,19,22,25,28,47H,4-6,8-9,11-12,14-15,17-18,20-21,23-24,26-27,29-46H2,1-3H3/b10-7-,16-13-,22-19-,28-25-. The van der Waals surface area contributed by atoms with Crippen LogP contribution in [0.4, 0.5) is 0 Å². The molecular formula is C50H88O6. The van der Waals surface area contributed by atoms with E-state index in [9.17, 15) is 14.4 Å². The SMILES string of the molecule is CC\C=C/C=C\C=C/C=C\CCCCCC(=O)OCC(COC(=O)CCCCCCCCCCCCCC)OC(=O)CCCCCCCCCCCCCCC. The van der Waals surface area contributed by atoms with E-state index in [0.717, 1.165) is 70.6 Å². The molecule has 6 heteroatoms. The number of carbonyl (C=O) groups is 3. The van der Waals surface area contributed by atoms with Gasteiger partial charge >= 0.3 is 17.9 Å². The Morgan fingerprint density at radius 2 is 0.696 bits per heavy atom.